The van der Waals surface area contributed by atoms with E-state index in [-0.39, 0.29) is 36.1 Å². The Labute approximate surface area is 193 Å². The van der Waals surface area contributed by atoms with Crippen molar-refractivity contribution < 1.29 is 22.1 Å². The Morgan fingerprint density at radius 2 is 2.18 bits per heavy atom. The maximum absolute atomic E-state index is 13.1. The standard InChI is InChI=1S/C21H30N6O5S/c1-21(2)7-5-16(32-21)11-27-8-6-18(26-27)19(28)17-10-23-13-24-20(17)25-15-4-3-14(9-15)12-31-33(22,29)30/h6,8,10,13-16H,3-5,7,9,11-12H2,1-2H3,(H2,22,29,30)(H,23,24,25)/t14-,15?,16?/m1/s1. The first-order valence-corrected chi connectivity index (χ1v) is 12.5. The molecule has 1 saturated carbocycles. The van der Waals surface area contributed by atoms with Gasteiger partial charge in [-0.25, -0.2) is 15.1 Å². The van der Waals surface area contributed by atoms with Crippen molar-refractivity contribution in [1.29, 1.82) is 0 Å². The molecule has 2 aromatic heterocycles. The molecule has 3 heterocycles. The third kappa shape index (κ3) is 6.34. The Morgan fingerprint density at radius 1 is 1.36 bits per heavy atom. The van der Waals surface area contributed by atoms with Gasteiger partial charge >= 0.3 is 10.3 Å². The van der Waals surface area contributed by atoms with Crippen LogP contribution in [0.15, 0.2) is 24.8 Å². The number of nitrogens with one attached hydrogen (secondary N) is 1. The van der Waals surface area contributed by atoms with Crippen molar-refractivity contribution in [3.8, 4) is 0 Å². The van der Waals surface area contributed by atoms with E-state index in [1.165, 1.54) is 12.5 Å². The smallest absolute Gasteiger partial charge is 0.333 e. The van der Waals surface area contributed by atoms with Crippen LogP contribution in [0.5, 0.6) is 0 Å². The molecule has 0 amide bonds. The quantitative estimate of drug-likeness (QED) is 0.513. The Balaban J connectivity index is 1.38. The molecule has 2 fully saturated rings. The summed E-state index contributed by atoms with van der Waals surface area (Å²) in [5.41, 5.74) is 0.531. The van der Waals surface area contributed by atoms with E-state index in [0.29, 0.717) is 30.0 Å². The second-order valence-corrected chi connectivity index (χ2v) is 10.6. The van der Waals surface area contributed by atoms with E-state index in [1.54, 1.807) is 16.9 Å². The number of anilines is 1. The summed E-state index contributed by atoms with van der Waals surface area (Å²) >= 11 is 0. The minimum absolute atomic E-state index is 0.0287. The van der Waals surface area contributed by atoms with Gasteiger partial charge in [0.15, 0.2) is 0 Å². The predicted octanol–water partition coefficient (Wildman–Crippen LogP) is 1.66. The highest BCUT2D eigenvalue weighted by Crippen LogP contribution is 2.31. The molecular formula is C21H30N6O5S. The summed E-state index contributed by atoms with van der Waals surface area (Å²) in [4.78, 5) is 21.4. The summed E-state index contributed by atoms with van der Waals surface area (Å²) in [6, 6.07) is 1.72. The van der Waals surface area contributed by atoms with Crippen LogP contribution < -0.4 is 10.5 Å². The molecule has 1 aliphatic heterocycles. The summed E-state index contributed by atoms with van der Waals surface area (Å²) in [5.74, 6) is 0.223. The molecule has 180 valence electrons. The van der Waals surface area contributed by atoms with E-state index < -0.39 is 10.3 Å². The third-order valence-electron chi connectivity index (χ3n) is 6.13. The molecule has 3 atom stereocenters. The summed E-state index contributed by atoms with van der Waals surface area (Å²) < 4.78 is 34.5. The summed E-state index contributed by atoms with van der Waals surface area (Å²) in [5, 5.41) is 12.7. The van der Waals surface area contributed by atoms with Gasteiger partial charge in [-0.1, -0.05) is 0 Å². The van der Waals surface area contributed by atoms with Gasteiger partial charge in [-0.3, -0.25) is 13.7 Å². The van der Waals surface area contributed by atoms with Gasteiger partial charge in [-0.05, 0) is 57.9 Å². The number of ketones is 1. The van der Waals surface area contributed by atoms with Gasteiger partial charge in [0, 0.05) is 18.4 Å². The lowest BCUT2D eigenvalue weighted by atomic mass is 10.1. The fraction of sp³-hybridized carbons (Fsp3) is 0.619. The molecule has 12 heteroatoms. The highest BCUT2D eigenvalue weighted by molar-refractivity contribution is 7.84. The van der Waals surface area contributed by atoms with Crippen LogP contribution in [0.2, 0.25) is 0 Å². The molecular weight excluding hydrogens is 448 g/mol. The zero-order valence-corrected chi connectivity index (χ0v) is 19.6. The Hall–Kier alpha value is -2.41. The first kappa shape index (κ1) is 23.7. The minimum Gasteiger partial charge on any atom is -0.370 e. The fourth-order valence-corrected chi connectivity index (χ4v) is 4.87. The second kappa shape index (κ2) is 9.45. The van der Waals surface area contributed by atoms with E-state index >= 15 is 0 Å². The molecule has 0 aromatic carbocycles. The summed E-state index contributed by atoms with van der Waals surface area (Å²) in [6.07, 6.45) is 8.94. The molecule has 2 unspecified atom stereocenters. The van der Waals surface area contributed by atoms with Gasteiger partial charge in [-0.2, -0.15) is 13.5 Å². The van der Waals surface area contributed by atoms with Gasteiger partial charge < -0.3 is 10.1 Å². The molecule has 0 bridgehead atoms. The highest BCUT2D eigenvalue weighted by atomic mass is 32.2. The van der Waals surface area contributed by atoms with Gasteiger partial charge in [0.2, 0.25) is 5.78 Å². The van der Waals surface area contributed by atoms with Crippen molar-refractivity contribution in [2.45, 2.75) is 70.2 Å². The Morgan fingerprint density at radius 3 is 2.91 bits per heavy atom. The molecule has 11 nitrogen and oxygen atoms in total. The number of carbonyl (C=O) groups excluding carboxylic acids is 1. The second-order valence-electron chi connectivity index (χ2n) is 9.37. The average molecular weight is 479 g/mol. The van der Waals surface area contributed by atoms with Gasteiger partial charge in [-0.15, -0.1) is 0 Å². The summed E-state index contributed by atoms with van der Waals surface area (Å²) in [7, 11) is -3.95. The molecule has 33 heavy (non-hydrogen) atoms. The van der Waals surface area contributed by atoms with Crippen LogP contribution in [0.1, 0.15) is 62.0 Å². The lowest BCUT2D eigenvalue weighted by Gasteiger charge is -2.19. The SMILES string of the molecule is CC1(C)CCC(Cn2ccc(C(=O)c3cncnc3NC3CC[C@@H](COS(N)(=O)=O)C3)n2)O1. The molecule has 0 radical (unpaired) electrons. The molecule has 2 aliphatic rings. The molecule has 2 aromatic rings. The summed E-state index contributed by atoms with van der Waals surface area (Å²) in [6.45, 7) is 4.80. The van der Waals surface area contributed by atoms with Crippen LogP contribution in [0.25, 0.3) is 0 Å². The van der Waals surface area contributed by atoms with E-state index in [1.807, 2.05) is 0 Å². The first-order chi connectivity index (χ1) is 15.6. The molecule has 1 aliphatic carbocycles. The van der Waals surface area contributed by atoms with Crippen molar-refractivity contribution in [1.82, 2.24) is 19.7 Å². The maximum atomic E-state index is 13.1. The van der Waals surface area contributed by atoms with Crippen molar-refractivity contribution in [3.05, 3.63) is 36.0 Å². The zero-order valence-electron chi connectivity index (χ0n) is 18.8. The Kier molecular flexibility index (Phi) is 6.80. The van der Waals surface area contributed by atoms with Crippen LogP contribution in [-0.2, 0) is 25.8 Å². The predicted molar refractivity (Wildman–Crippen MR) is 120 cm³/mol. The van der Waals surface area contributed by atoms with Gasteiger partial charge in [0.1, 0.15) is 17.8 Å². The number of carbonyl (C=O) groups is 1. The van der Waals surface area contributed by atoms with E-state index in [2.05, 4.69) is 34.2 Å². The van der Waals surface area contributed by atoms with Crippen LogP contribution in [0.3, 0.4) is 0 Å². The average Bonchev–Trinajstić information content (AvgIpc) is 3.47. The van der Waals surface area contributed by atoms with E-state index in [0.717, 1.165) is 25.7 Å². The minimum atomic E-state index is -3.95. The van der Waals surface area contributed by atoms with Gasteiger partial charge in [0.25, 0.3) is 0 Å². The lowest BCUT2D eigenvalue weighted by Crippen LogP contribution is -2.23. The third-order valence-corrected chi connectivity index (χ3v) is 6.59. The maximum Gasteiger partial charge on any atom is 0.333 e. The molecule has 4 rings (SSSR count). The first-order valence-electron chi connectivity index (χ1n) is 11.1. The molecule has 1 saturated heterocycles. The normalized spacial score (nSPS) is 24.8. The zero-order chi connectivity index (χ0) is 23.6. The van der Waals surface area contributed by atoms with Crippen molar-refractivity contribution >= 4 is 21.9 Å². The highest BCUT2D eigenvalue weighted by Gasteiger charge is 2.32. The number of ether oxygens (including phenoxy) is 1. The van der Waals surface area contributed by atoms with Crippen LogP contribution in [-0.4, -0.2) is 58.3 Å². The van der Waals surface area contributed by atoms with Crippen molar-refractivity contribution in [2.75, 3.05) is 11.9 Å². The number of hydrogen-bond acceptors (Lipinski definition) is 9. The van der Waals surface area contributed by atoms with Crippen molar-refractivity contribution in [3.63, 3.8) is 0 Å². The Bertz CT molecular complexity index is 1100. The largest absolute Gasteiger partial charge is 0.370 e. The number of rotatable bonds is 9. The van der Waals surface area contributed by atoms with E-state index in [9.17, 15) is 13.2 Å². The number of nitrogens with two attached hydrogens (primary N) is 1. The number of aromatic nitrogens is 4. The van der Waals surface area contributed by atoms with E-state index in [4.69, 9.17) is 14.1 Å². The molecule has 3 N–H and O–H groups in total. The number of nitrogens with zero attached hydrogens (tertiary/aromatic N) is 4. The lowest BCUT2D eigenvalue weighted by molar-refractivity contribution is -0.0230. The van der Waals surface area contributed by atoms with Gasteiger partial charge in [0.05, 0.1) is 30.4 Å². The monoisotopic (exact) mass is 478 g/mol. The number of hydrogen-bond donors (Lipinski definition) is 2. The van der Waals surface area contributed by atoms with Crippen LogP contribution >= 0.6 is 0 Å². The fourth-order valence-electron chi connectivity index (χ4n) is 4.49. The molecule has 0 spiro atoms. The van der Waals surface area contributed by atoms with Crippen LogP contribution in [0.4, 0.5) is 5.82 Å². The van der Waals surface area contributed by atoms with Crippen molar-refractivity contribution in [2.24, 2.45) is 11.1 Å². The topological polar surface area (TPSA) is 151 Å². The van der Waals surface area contributed by atoms with Crippen LogP contribution in [0, 0.1) is 5.92 Å².